The number of ether oxygens (including phenoxy) is 1. The third kappa shape index (κ3) is 2.33. The van der Waals surface area contributed by atoms with E-state index in [-0.39, 0.29) is 23.1 Å². The lowest BCUT2D eigenvalue weighted by molar-refractivity contribution is 0.415. The first kappa shape index (κ1) is 13.2. The van der Waals surface area contributed by atoms with Crippen LogP contribution in [0.25, 0.3) is 11.0 Å². The van der Waals surface area contributed by atoms with Crippen molar-refractivity contribution >= 4 is 20.9 Å². The predicted octanol–water partition coefficient (Wildman–Crippen LogP) is 0.773. The van der Waals surface area contributed by atoms with Crippen molar-refractivity contribution in [2.45, 2.75) is 13.0 Å². The maximum atomic E-state index is 12.0. The van der Waals surface area contributed by atoms with Crippen molar-refractivity contribution in [3.63, 3.8) is 0 Å². The number of nitrogens with zero attached hydrogens (tertiary/aromatic N) is 1. The summed E-state index contributed by atoms with van der Waals surface area (Å²) in [5, 5.41) is 0. The van der Waals surface area contributed by atoms with E-state index in [0.717, 1.165) is 5.52 Å². The van der Waals surface area contributed by atoms with Crippen molar-refractivity contribution in [2.75, 3.05) is 18.6 Å². The van der Waals surface area contributed by atoms with Gasteiger partial charge < -0.3 is 9.72 Å². The molecule has 3 rings (SSSR count). The Bertz CT molecular complexity index is 803. The molecule has 1 fully saturated rings. The molecule has 1 aliphatic heterocycles. The smallest absolute Gasteiger partial charge is 0.326 e. The Balaban J connectivity index is 1.96. The Morgan fingerprint density at radius 2 is 2.25 bits per heavy atom. The molecule has 0 radical (unpaired) electrons. The number of fused-ring (bicyclic) bond motifs is 1. The molecule has 6 nitrogen and oxygen atoms in total. The summed E-state index contributed by atoms with van der Waals surface area (Å²) in [6, 6.07) is 5.37. The van der Waals surface area contributed by atoms with Crippen LogP contribution in [0, 0.1) is 5.92 Å². The standard InChI is InChI=1S/C13H16N2O4S/c1-19-10-2-3-12-11(6-10)14-13(16)15(12)7-9-4-5-20(17,18)8-9/h2-3,6,9H,4-5,7-8H2,1H3,(H,14,16). The molecule has 0 amide bonds. The molecule has 20 heavy (non-hydrogen) atoms. The first-order chi connectivity index (χ1) is 9.48. The van der Waals surface area contributed by atoms with Crippen LogP contribution < -0.4 is 10.4 Å². The normalized spacial score (nSPS) is 21.4. The number of sulfone groups is 1. The topological polar surface area (TPSA) is 81.2 Å². The van der Waals surface area contributed by atoms with Crippen molar-refractivity contribution in [3.05, 3.63) is 28.7 Å². The van der Waals surface area contributed by atoms with Crippen LogP contribution in [0.15, 0.2) is 23.0 Å². The Morgan fingerprint density at radius 3 is 2.90 bits per heavy atom. The number of nitrogens with one attached hydrogen (secondary N) is 1. The molecule has 2 heterocycles. The number of aromatic nitrogens is 2. The van der Waals surface area contributed by atoms with E-state index >= 15 is 0 Å². The maximum absolute atomic E-state index is 12.0. The summed E-state index contributed by atoms with van der Waals surface area (Å²) in [4.78, 5) is 14.8. The number of rotatable bonds is 3. The van der Waals surface area contributed by atoms with Gasteiger partial charge >= 0.3 is 5.69 Å². The van der Waals surface area contributed by atoms with Gasteiger partial charge in [0.05, 0.1) is 29.6 Å². The lowest BCUT2D eigenvalue weighted by Gasteiger charge is -2.09. The van der Waals surface area contributed by atoms with E-state index in [4.69, 9.17) is 4.74 Å². The van der Waals surface area contributed by atoms with E-state index in [1.165, 1.54) is 0 Å². The second-order valence-corrected chi connectivity index (χ2v) is 7.42. The highest BCUT2D eigenvalue weighted by Crippen LogP contribution is 2.23. The molecule has 108 valence electrons. The molecule has 1 atom stereocenters. The van der Waals surface area contributed by atoms with Crippen LogP contribution in [-0.4, -0.2) is 36.6 Å². The van der Waals surface area contributed by atoms with Gasteiger partial charge in [-0.1, -0.05) is 0 Å². The number of hydrogen-bond donors (Lipinski definition) is 1. The van der Waals surface area contributed by atoms with Gasteiger partial charge in [0.15, 0.2) is 9.84 Å². The maximum Gasteiger partial charge on any atom is 0.326 e. The Morgan fingerprint density at radius 1 is 1.45 bits per heavy atom. The quantitative estimate of drug-likeness (QED) is 0.907. The highest BCUT2D eigenvalue weighted by atomic mass is 32.2. The largest absolute Gasteiger partial charge is 0.497 e. The van der Waals surface area contributed by atoms with Crippen LogP contribution in [0.1, 0.15) is 6.42 Å². The number of hydrogen-bond acceptors (Lipinski definition) is 4. The molecular formula is C13H16N2O4S. The second-order valence-electron chi connectivity index (χ2n) is 5.19. The highest BCUT2D eigenvalue weighted by molar-refractivity contribution is 7.91. The van der Waals surface area contributed by atoms with Crippen LogP contribution in [0.4, 0.5) is 0 Å². The van der Waals surface area contributed by atoms with Crippen molar-refractivity contribution in [3.8, 4) is 5.75 Å². The summed E-state index contributed by atoms with van der Waals surface area (Å²) in [6.45, 7) is 0.435. The molecule has 1 unspecified atom stereocenters. The zero-order valence-corrected chi connectivity index (χ0v) is 11.9. The number of imidazole rings is 1. The van der Waals surface area contributed by atoms with Crippen LogP contribution in [0.2, 0.25) is 0 Å². The molecule has 0 saturated carbocycles. The fourth-order valence-electron chi connectivity index (χ4n) is 2.73. The average molecular weight is 296 g/mol. The Hall–Kier alpha value is -1.76. The summed E-state index contributed by atoms with van der Waals surface area (Å²) in [7, 11) is -1.35. The molecule has 1 saturated heterocycles. The summed E-state index contributed by atoms with van der Waals surface area (Å²) < 4.78 is 29.7. The van der Waals surface area contributed by atoms with Gasteiger partial charge in [-0.25, -0.2) is 13.2 Å². The van der Waals surface area contributed by atoms with Gasteiger partial charge in [-0.15, -0.1) is 0 Å². The number of H-pyrrole nitrogens is 1. The van der Waals surface area contributed by atoms with E-state index in [2.05, 4.69) is 4.98 Å². The van der Waals surface area contributed by atoms with Gasteiger partial charge in [0, 0.05) is 12.6 Å². The van der Waals surface area contributed by atoms with Crippen LogP contribution in [0.5, 0.6) is 5.75 Å². The van der Waals surface area contributed by atoms with E-state index in [9.17, 15) is 13.2 Å². The van der Waals surface area contributed by atoms with Crippen molar-refractivity contribution in [2.24, 2.45) is 5.92 Å². The lowest BCUT2D eigenvalue weighted by Crippen LogP contribution is -2.22. The summed E-state index contributed by atoms with van der Waals surface area (Å²) >= 11 is 0. The SMILES string of the molecule is COc1ccc2c(c1)[nH]c(=O)n2CC1CCS(=O)(=O)C1. The molecule has 2 aromatic rings. The molecule has 1 aromatic heterocycles. The van der Waals surface area contributed by atoms with Crippen molar-refractivity contribution < 1.29 is 13.2 Å². The van der Waals surface area contributed by atoms with E-state index in [1.54, 1.807) is 23.8 Å². The fourth-order valence-corrected chi connectivity index (χ4v) is 4.57. The monoisotopic (exact) mass is 296 g/mol. The van der Waals surface area contributed by atoms with Crippen LogP contribution in [-0.2, 0) is 16.4 Å². The van der Waals surface area contributed by atoms with Gasteiger partial charge in [0.25, 0.3) is 0 Å². The molecule has 1 N–H and O–H groups in total. The number of aromatic amines is 1. The highest BCUT2D eigenvalue weighted by Gasteiger charge is 2.28. The molecule has 0 bridgehead atoms. The molecule has 7 heteroatoms. The summed E-state index contributed by atoms with van der Waals surface area (Å²) in [5.74, 6) is 1.08. The molecule has 1 aromatic carbocycles. The minimum atomic E-state index is -2.92. The van der Waals surface area contributed by atoms with Crippen LogP contribution in [0.3, 0.4) is 0 Å². The minimum absolute atomic E-state index is 0.0128. The van der Waals surface area contributed by atoms with Crippen molar-refractivity contribution in [1.82, 2.24) is 9.55 Å². The van der Waals surface area contributed by atoms with Crippen molar-refractivity contribution in [1.29, 1.82) is 0 Å². The van der Waals surface area contributed by atoms with Gasteiger partial charge in [0.2, 0.25) is 0 Å². The van der Waals surface area contributed by atoms with E-state index < -0.39 is 9.84 Å². The minimum Gasteiger partial charge on any atom is -0.497 e. The summed E-state index contributed by atoms with van der Waals surface area (Å²) in [6.07, 6.45) is 0.623. The Labute approximate surface area is 116 Å². The lowest BCUT2D eigenvalue weighted by atomic mass is 10.1. The number of benzene rings is 1. The average Bonchev–Trinajstić information content (AvgIpc) is 2.90. The first-order valence-corrected chi connectivity index (χ1v) is 8.27. The van der Waals surface area contributed by atoms with E-state index in [1.807, 2.05) is 6.07 Å². The molecular weight excluding hydrogens is 280 g/mol. The van der Waals surface area contributed by atoms with E-state index in [0.29, 0.717) is 24.2 Å². The van der Waals surface area contributed by atoms with Gasteiger partial charge in [-0.05, 0) is 24.5 Å². The third-order valence-electron chi connectivity index (χ3n) is 3.75. The fraction of sp³-hybridized carbons (Fsp3) is 0.462. The van der Waals surface area contributed by atoms with Crippen LogP contribution >= 0.6 is 0 Å². The van der Waals surface area contributed by atoms with Gasteiger partial charge in [0.1, 0.15) is 5.75 Å². The molecule has 0 aliphatic carbocycles. The zero-order valence-electron chi connectivity index (χ0n) is 11.1. The molecule has 1 aliphatic rings. The Kier molecular flexibility index (Phi) is 3.08. The third-order valence-corrected chi connectivity index (χ3v) is 5.59. The van der Waals surface area contributed by atoms with Gasteiger partial charge in [-0.3, -0.25) is 4.57 Å². The second kappa shape index (κ2) is 4.66. The zero-order chi connectivity index (χ0) is 14.3. The van der Waals surface area contributed by atoms with Gasteiger partial charge in [-0.2, -0.15) is 0 Å². The predicted molar refractivity (Wildman–Crippen MR) is 75.9 cm³/mol. The molecule has 0 spiro atoms. The summed E-state index contributed by atoms with van der Waals surface area (Å²) in [5.41, 5.74) is 1.27. The first-order valence-electron chi connectivity index (χ1n) is 6.45. The number of methoxy groups -OCH3 is 1.